The Morgan fingerprint density at radius 1 is 1.00 bits per heavy atom. The molecule has 4 heterocycles. The Hall–Kier alpha value is -3.20. The van der Waals surface area contributed by atoms with Crippen molar-refractivity contribution in [2.24, 2.45) is 5.41 Å². The van der Waals surface area contributed by atoms with Crippen molar-refractivity contribution in [3.05, 3.63) is 58.0 Å². The maximum Gasteiger partial charge on any atom is 0.274 e. The highest BCUT2D eigenvalue weighted by Gasteiger charge is 2.38. The molecule has 3 aliphatic heterocycles. The number of rotatable bonds is 1. The molecule has 1 spiro atoms. The Bertz CT molecular complexity index is 1120. The minimum Gasteiger partial charge on any atom is -0.492 e. The van der Waals surface area contributed by atoms with Gasteiger partial charge in [-0.25, -0.2) is 5.10 Å². The van der Waals surface area contributed by atoms with Crippen molar-refractivity contribution in [3.63, 3.8) is 0 Å². The number of carbonyl (C=O) groups excluding carboxylic acids is 2. The minimum atomic E-state index is -0.330. The molecule has 1 atom stereocenters. The summed E-state index contributed by atoms with van der Waals surface area (Å²) in [6.07, 6.45) is 6.52. The van der Waals surface area contributed by atoms with Crippen LogP contribution in [-0.2, 0) is 4.74 Å². The standard InChI is InChI=1S/C27H34N4O5/c32-24-10-9-22(28-29-24)26(34)30-15-12-27(13-16-30)11-3-4-17-35-18-20-6-5-14-31(20)25(33)21-7-1-2-8-23(21)36-19-27/h1-2,7-10,20H,3-6,11-19H2,(H,29,32)/t20-/m0/s1. The van der Waals surface area contributed by atoms with E-state index >= 15 is 0 Å². The number of piperidine rings is 1. The molecule has 2 amide bonds. The molecule has 9 nitrogen and oxygen atoms in total. The number of nitrogens with zero attached hydrogens (tertiary/aromatic N) is 3. The number of fused-ring (bicyclic) bond motifs is 2. The molecule has 0 unspecified atom stereocenters. The number of amides is 2. The van der Waals surface area contributed by atoms with Crippen LogP contribution in [0, 0.1) is 5.41 Å². The van der Waals surface area contributed by atoms with Crippen LogP contribution in [0.4, 0.5) is 0 Å². The summed E-state index contributed by atoms with van der Waals surface area (Å²) < 4.78 is 12.4. The fourth-order valence-corrected chi connectivity index (χ4v) is 5.63. The Labute approximate surface area is 210 Å². The van der Waals surface area contributed by atoms with Gasteiger partial charge in [0.2, 0.25) is 0 Å². The first kappa shape index (κ1) is 24.5. The van der Waals surface area contributed by atoms with Gasteiger partial charge in [0, 0.05) is 37.7 Å². The molecule has 3 aliphatic rings. The zero-order valence-electron chi connectivity index (χ0n) is 20.6. The van der Waals surface area contributed by atoms with Crippen LogP contribution in [0.25, 0.3) is 0 Å². The number of nitrogens with one attached hydrogen (secondary N) is 1. The molecule has 36 heavy (non-hydrogen) atoms. The molecule has 0 radical (unpaired) electrons. The maximum absolute atomic E-state index is 13.4. The van der Waals surface area contributed by atoms with Gasteiger partial charge in [0.05, 0.1) is 24.8 Å². The number of benzene rings is 1. The first-order valence-corrected chi connectivity index (χ1v) is 13.0. The van der Waals surface area contributed by atoms with Crippen LogP contribution in [0.15, 0.2) is 41.2 Å². The highest BCUT2D eigenvalue weighted by atomic mass is 16.5. The third-order valence-corrected chi connectivity index (χ3v) is 7.85. The molecule has 1 N–H and O–H groups in total. The molecule has 0 bridgehead atoms. The molecular formula is C27H34N4O5. The average Bonchev–Trinajstić information content (AvgIpc) is 3.38. The van der Waals surface area contributed by atoms with Gasteiger partial charge in [-0.1, -0.05) is 18.6 Å². The summed E-state index contributed by atoms with van der Waals surface area (Å²) >= 11 is 0. The van der Waals surface area contributed by atoms with E-state index in [0.29, 0.717) is 44.2 Å². The lowest BCUT2D eigenvalue weighted by Gasteiger charge is -2.42. The lowest BCUT2D eigenvalue weighted by Crippen LogP contribution is -2.46. The Kier molecular flexibility index (Phi) is 7.36. The number of H-pyrrole nitrogens is 1. The van der Waals surface area contributed by atoms with Gasteiger partial charge >= 0.3 is 0 Å². The maximum atomic E-state index is 13.4. The summed E-state index contributed by atoms with van der Waals surface area (Å²) in [6, 6.07) is 10.4. The smallest absolute Gasteiger partial charge is 0.274 e. The first-order valence-electron chi connectivity index (χ1n) is 13.0. The van der Waals surface area contributed by atoms with E-state index in [-0.39, 0.29) is 34.5 Å². The fourth-order valence-electron chi connectivity index (χ4n) is 5.63. The van der Waals surface area contributed by atoms with Gasteiger partial charge in [-0.2, -0.15) is 5.10 Å². The Balaban J connectivity index is 1.32. The summed E-state index contributed by atoms with van der Waals surface area (Å²) in [5, 5.41) is 6.23. The molecule has 9 heteroatoms. The second kappa shape index (κ2) is 10.8. The predicted octanol–water partition coefficient (Wildman–Crippen LogP) is 2.88. The van der Waals surface area contributed by atoms with Crippen LogP contribution >= 0.6 is 0 Å². The van der Waals surface area contributed by atoms with Crippen molar-refractivity contribution in [1.82, 2.24) is 20.0 Å². The van der Waals surface area contributed by atoms with Crippen LogP contribution < -0.4 is 10.3 Å². The molecule has 192 valence electrons. The number of hydrogen-bond acceptors (Lipinski definition) is 6. The number of hydrogen-bond donors (Lipinski definition) is 1. The normalized spacial score (nSPS) is 22.9. The van der Waals surface area contributed by atoms with Crippen molar-refractivity contribution < 1.29 is 19.1 Å². The van der Waals surface area contributed by atoms with Crippen LogP contribution in [0.5, 0.6) is 5.75 Å². The zero-order chi connectivity index (χ0) is 25.0. The lowest BCUT2D eigenvalue weighted by molar-refractivity contribution is 0.0300. The topological polar surface area (TPSA) is 105 Å². The van der Waals surface area contributed by atoms with Crippen molar-refractivity contribution in [2.45, 2.75) is 51.0 Å². The van der Waals surface area contributed by atoms with Crippen molar-refractivity contribution >= 4 is 11.8 Å². The molecule has 2 aromatic rings. The minimum absolute atomic E-state index is 0.0108. The van der Waals surface area contributed by atoms with Gasteiger partial charge < -0.3 is 19.3 Å². The third kappa shape index (κ3) is 5.31. The predicted molar refractivity (Wildman–Crippen MR) is 133 cm³/mol. The van der Waals surface area contributed by atoms with E-state index in [2.05, 4.69) is 10.2 Å². The first-order chi connectivity index (χ1) is 17.5. The number of likely N-dealkylation sites (tertiary alicyclic amines) is 1. The van der Waals surface area contributed by atoms with E-state index in [9.17, 15) is 14.4 Å². The summed E-state index contributed by atoms with van der Waals surface area (Å²) in [6.45, 7) is 3.70. The molecule has 1 aromatic carbocycles. The quantitative estimate of drug-likeness (QED) is 0.654. The highest BCUT2D eigenvalue weighted by molar-refractivity contribution is 5.97. The van der Waals surface area contributed by atoms with E-state index in [1.807, 2.05) is 29.2 Å². The van der Waals surface area contributed by atoms with E-state index in [1.165, 1.54) is 12.1 Å². The average molecular weight is 495 g/mol. The SMILES string of the molecule is O=C(c1ccc(=O)[nH]n1)N1CCC2(CCCCOC[C@@H]3CCCN3C(=O)c3ccccc3OC2)CC1. The van der Waals surface area contributed by atoms with Crippen LogP contribution in [-0.4, -0.2) is 77.3 Å². The second-order valence-electron chi connectivity index (χ2n) is 10.2. The summed E-state index contributed by atoms with van der Waals surface area (Å²) in [5.41, 5.74) is 0.432. The highest BCUT2D eigenvalue weighted by Crippen LogP contribution is 2.38. The molecule has 5 rings (SSSR count). The molecular weight excluding hydrogens is 460 g/mol. The van der Waals surface area contributed by atoms with Gasteiger partial charge in [0.25, 0.3) is 17.4 Å². The number of aromatic amines is 1. The van der Waals surface area contributed by atoms with Gasteiger partial charge in [0.1, 0.15) is 11.4 Å². The Morgan fingerprint density at radius 2 is 1.83 bits per heavy atom. The van der Waals surface area contributed by atoms with Crippen molar-refractivity contribution in [1.29, 1.82) is 0 Å². The van der Waals surface area contributed by atoms with Crippen LogP contribution in [0.3, 0.4) is 0 Å². The van der Waals surface area contributed by atoms with E-state index in [0.717, 1.165) is 51.5 Å². The van der Waals surface area contributed by atoms with E-state index in [1.54, 1.807) is 4.90 Å². The summed E-state index contributed by atoms with van der Waals surface area (Å²) in [7, 11) is 0. The Morgan fingerprint density at radius 3 is 2.64 bits per heavy atom. The van der Waals surface area contributed by atoms with Gasteiger partial charge in [-0.3, -0.25) is 14.4 Å². The number of aromatic nitrogens is 2. The lowest BCUT2D eigenvalue weighted by atomic mass is 9.75. The van der Waals surface area contributed by atoms with Gasteiger partial charge in [-0.05, 0) is 56.7 Å². The molecule has 0 saturated carbocycles. The number of para-hydroxylation sites is 1. The number of ether oxygens (including phenoxy) is 2. The third-order valence-electron chi connectivity index (χ3n) is 7.85. The second-order valence-corrected chi connectivity index (χ2v) is 10.2. The van der Waals surface area contributed by atoms with Crippen LogP contribution in [0.2, 0.25) is 0 Å². The monoisotopic (exact) mass is 494 g/mol. The number of carbonyl (C=O) groups is 2. The zero-order valence-corrected chi connectivity index (χ0v) is 20.6. The summed E-state index contributed by atoms with van der Waals surface area (Å²) in [5.74, 6) is 0.463. The fraction of sp³-hybridized carbons (Fsp3) is 0.556. The van der Waals surface area contributed by atoms with Gasteiger partial charge in [-0.15, -0.1) is 0 Å². The molecule has 1 aromatic heterocycles. The molecule has 2 fully saturated rings. The molecule has 0 aliphatic carbocycles. The van der Waals surface area contributed by atoms with Crippen LogP contribution in [0.1, 0.15) is 65.8 Å². The van der Waals surface area contributed by atoms with E-state index in [4.69, 9.17) is 9.47 Å². The van der Waals surface area contributed by atoms with Gasteiger partial charge in [0.15, 0.2) is 0 Å². The molecule has 2 saturated heterocycles. The van der Waals surface area contributed by atoms with Crippen molar-refractivity contribution in [3.8, 4) is 5.75 Å². The summed E-state index contributed by atoms with van der Waals surface area (Å²) in [4.78, 5) is 41.4. The largest absolute Gasteiger partial charge is 0.492 e. The van der Waals surface area contributed by atoms with E-state index < -0.39 is 0 Å². The van der Waals surface area contributed by atoms with Crippen molar-refractivity contribution in [2.75, 3.05) is 39.5 Å².